The Morgan fingerprint density at radius 1 is 1.04 bits per heavy atom. The molecule has 0 aliphatic heterocycles. The summed E-state index contributed by atoms with van der Waals surface area (Å²) in [6, 6.07) is 0. The van der Waals surface area contributed by atoms with Crippen LogP contribution in [0.15, 0.2) is 0 Å². The van der Waals surface area contributed by atoms with Crippen molar-refractivity contribution in [2.24, 2.45) is 11.3 Å². The van der Waals surface area contributed by atoms with Gasteiger partial charge >= 0.3 is 0 Å². The second-order valence-electron chi connectivity index (χ2n) is 8.57. The molecule has 4 rings (SSSR count). The lowest BCUT2D eigenvalue weighted by molar-refractivity contribution is -0.356. The number of H-pyrrole nitrogens is 1. The number of nitrogens with one attached hydrogen (secondary N) is 1. The fourth-order valence-electron chi connectivity index (χ4n) is 4.49. The normalized spacial score (nSPS) is 21.8. The van der Waals surface area contributed by atoms with Gasteiger partial charge in [0, 0.05) is 16.9 Å². The predicted octanol–water partition coefficient (Wildman–Crippen LogP) is 4.72. The van der Waals surface area contributed by atoms with Crippen LogP contribution in [-0.2, 0) is 25.7 Å². The van der Waals surface area contributed by atoms with Crippen molar-refractivity contribution in [1.29, 1.82) is 0 Å². The maximum Gasteiger partial charge on any atom is 0.270 e. The highest BCUT2D eigenvalue weighted by Crippen LogP contribution is 2.43. The van der Waals surface area contributed by atoms with Crippen LogP contribution >= 0.6 is 11.3 Å². The number of anilines is 1. The summed E-state index contributed by atoms with van der Waals surface area (Å²) in [4.78, 5) is 6.70. The molecular weight excluding hydrogens is 300 g/mol. The van der Waals surface area contributed by atoms with Gasteiger partial charge in [0.2, 0.25) is 0 Å². The van der Waals surface area contributed by atoms with E-state index in [1.165, 1.54) is 60.0 Å². The Labute approximate surface area is 143 Å². The zero-order valence-corrected chi connectivity index (χ0v) is 15.5. The summed E-state index contributed by atoms with van der Waals surface area (Å²) in [6.07, 6.45) is 10.1. The highest BCUT2D eigenvalue weighted by Gasteiger charge is 2.34. The van der Waals surface area contributed by atoms with Crippen LogP contribution < -0.4 is 10.7 Å². The molecule has 0 spiro atoms. The van der Waals surface area contributed by atoms with Gasteiger partial charge in [-0.05, 0) is 55.4 Å². The molecule has 2 aliphatic rings. The number of rotatable bonds is 0. The van der Waals surface area contributed by atoms with E-state index in [4.69, 9.17) is 5.73 Å². The minimum Gasteiger partial charge on any atom is -0.398 e. The number of nitrogens with two attached hydrogens (primary N) is 1. The fraction of sp³-hybridized carbons (Fsp3) is 0.650. The van der Waals surface area contributed by atoms with Crippen LogP contribution in [0.2, 0.25) is 0 Å². The standard InChI is InChI=1S/C20H28N2S/c1-20(2,3)12-9-10-15-14(11-12)18(21)17-13-7-5-4-6-8-16(13)23-19(17)22-15/h12H,4-11H2,1-3H3,(H2,21,22)/p+1/t12-/m0/s1. The van der Waals surface area contributed by atoms with Crippen LogP contribution in [0.1, 0.15) is 68.2 Å². The van der Waals surface area contributed by atoms with Crippen molar-refractivity contribution >= 4 is 27.2 Å². The molecule has 0 bridgehead atoms. The van der Waals surface area contributed by atoms with Crippen molar-refractivity contribution in [2.45, 2.75) is 72.1 Å². The quantitative estimate of drug-likeness (QED) is 0.698. The average Bonchev–Trinajstić information content (AvgIpc) is 2.68. The Morgan fingerprint density at radius 2 is 1.83 bits per heavy atom. The second kappa shape index (κ2) is 5.47. The van der Waals surface area contributed by atoms with Crippen molar-refractivity contribution in [3.63, 3.8) is 0 Å². The Hall–Kier alpha value is -1.09. The molecule has 124 valence electrons. The third-order valence-electron chi connectivity index (χ3n) is 6.06. The molecule has 2 aromatic rings. The molecule has 0 radical (unpaired) electrons. The molecule has 3 N–H and O–H groups in total. The fourth-order valence-corrected chi connectivity index (χ4v) is 5.82. The Kier molecular flexibility index (Phi) is 3.67. The van der Waals surface area contributed by atoms with E-state index < -0.39 is 0 Å². The van der Waals surface area contributed by atoms with E-state index in [0.717, 1.165) is 24.4 Å². The monoisotopic (exact) mass is 329 g/mol. The molecule has 1 atom stereocenters. The van der Waals surface area contributed by atoms with Crippen LogP contribution in [0.5, 0.6) is 0 Å². The van der Waals surface area contributed by atoms with E-state index >= 15 is 0 Å². The van der Waals surface area contributed by atoms with Crippen LogP contribution in [-0.4, -0.2) is 0 Å². The molecule has 0 saturated carbocycles. The Bertz CT molecular complexity index is 751. The molecule has 2 nitrogen and oxygen atoms in total. The van der Waals surface area contributed by atoms with E-state index in [0.29, 0.717) is 5.41 Å². The van der Waals surface area contributed by atoms with Gasteiger partial charge in [0.05, 0.1) is 11.1 Å². The zero-order valence-electron chi connectivity index (χ0n) is 14.7. The summed E-state index contributed by atoms with van der Waals surface area (Å²) >= 11 is 1.97. The second-order valence-corrected chi connectivity index (χ2v) is 9.68. The molecular formula is C20H29N2S+. The Balaban J connectivity index is 1.85. The van der Waals surface area contributed by atoms with Gasteiger partial charge in [-0.2, -0.15) is 4.98 Å². The molecule has 0 saturated heterocycles. The van der Waals surface area contributed by atoms with E-state index in [-0.39, 0.29) is 0 Å². The smallest absolute Gasteiger partial charge is 0.270 e. The zero-order chi connectivity index (χ0) is 16.2. The SMILES string of the molecule is CC(C)(C)[C@H]1CCc2[nH+]c3sc4c(c3c(N)c2C1)CCCCC4. The van der Waals surface area contributed by atoms with Crippen molar-refractivity contribution in [3.05, 3.63) is 21.7 Å². The van der Waals surface area contributed by atoms with Crippen molar-refractivity contribution in [1.82, 2.24) is 0 Å². The van der Waals surface area contributed by atoms with Crippen LogP contribution in [0, 0.1) is 11.3 Å². The molecule has 23 heavy (non-hydrogen) atoms. The number of thiophene rings is 1. The largest absolute Gasteiger partial charge is 0.398 e. The van der Waals surface area contributed by atoms with E-state index in [1.54, 1.807) is 10.4 Å². The molecule has 0 amide bonds. The summed E-state index contributed by atoms with van der Waals surface area (Å²) in [5, 5.41) is 1.38. The number of hydrogen-bond acceptors (Lipinski definition) is 2. The number of aromatic amines is 1. The summed E-state index contributed by atoms with van der Waals surface area (Å²) in [5.74, 6) is 0.736. The molecule has 2 heterocycles. The lowest BCUT2D eigenvalue weighted by atomic mass is 9.71. The lowest BCUT2D eigenvalue weighted by Crippen LogP contribution is -2.31. The third kappa shape index (κ3) is 2.57. The van der Waals surface area contributed by atoms with E-state index in [9.17, 15) is 0 Å². The first-order valence-corrected chi connectivity index (χ1v) is 10.0. The number of nitrogen functional groups attached to an aromatic ring is 1. The van der Waals surface area contributed by atoms with Gasteiger partial charge in [0.1, 0.15) is 0 Å². The van der Waals surface area contributed by atoms with Gasteiger partial charge in [-0.15, -0.1) is 0 Å². The molecule has 2 aliphatic carbocycles. The van der Waals surface area contributed by atoms with Gasteiger partial charge in [-0.1, -0.05) is 38.5 Å². The summed E-state index contributed by atoms with van der Waals surface area (Å²) in [5.41, 5.74) is 12.6. The predicted molar refractivity (Wildman–Crippen MR) is 99.0 cm³/mol. The van der Waals surface area contributed by atoms with Crippen molar-refractivity contribution in [2.75, 3.05) is 5.73 Å². The number of fused-ring (bicyclic) bond motifs is 4. The molecule has 0 aromatic carbocycles. The highest BCUT2D eigenvalue weighted by atomic mass is 32.1. The topological polar surface area (TPSA) is 40.2 Å². The highest BCUT2D eigenvalue weighted by molar-refractivity contribution is 7.18. The minimum absolute atomic E-state index is 0.366. The van der Waals surface area contributed by atoms with E-state index in [1.807, 2.05) is 11.3 Å². The summed E-state index contributed by atoms with van der Waals surface area (Å²) < 4.78 is 0. The first-order chi connectivity index (χ1) is 10.9. The van der Waals surface area contributed by atoms with Crippen molar-refractivity contribution in [3.8, 4) is 0 Å². The van der Waals surface area contributed by atoms with Gasteiger partial charge in [0.25, 0.3) is 4.83 Å². The molecule has 2 aromatic heterocycles. The summed E-state index contributed by atoms with van der Waals surface area (Å²) in [7, 11) is 0. The third-order valence-corrected chi connectivity index (χ3v) is 7.27. The van der Waals surface area contributed by atoms with Crippen LogP contribution in [0.25, 0.3) is 10.2 Å². The average molecular weight is 330 g/mol. The molecule has 0 fully saturated rings. The number of pyridine rings is 1. The maximum atomic E-state index is 6.75. The maximum absolute atomic E-state index is 6.75. The van der Waals surface area contributed by atoms with Gasteiger partial charge in [0.15, 0.2) is 5.69 Å². The lowest BCUT2D eigenvalue weighted by Gasteiger charge is -2.33. The van der Waals surface area contributed by atoms with Crippen LogP contribution in [0.4, 0.5) is 5.69 Å². The van der Waals surface area contributed by atoms with Crippen LogP contribution in [0.3, 0.4) is 0 Å². The van der Waals surface area contributed by atoms with Gasteiger partial charge in [-0.3, -0.25) is 0 Å². The number of hydrogen-bond donors (Lipinski definition) is 1. The summed E-state index contributed by atoms with van der Waals surface area (Å²) in [6.45, 7) is 7.12. The minimum atomic E-state index is 0.366. The van der Waals surface area contributed by atoms with Crippen molar-refractivity contribution < 1.29 is 4.98 Å². The van der Waals surface area contributed by atoms with Gasteiger partial charge in [-0.25, -0.2) is 0 Å². The Morgan fingerprint density at radius 3 is 2.61 bits per heavy atom. The molecule has 3 heteroatoms. The first kappa shape index (κ1) is 15.4. The first-order valence-electron chi connectivity index (χ1n) is 9.22. The number of aryl methyl sites for hydroxylation is 3. The molecule has 0 unspecified atom stereocenters. The van der Waals surface area contributed by atoms with Gasteiger partial charge < -0.3 is 5.73 Å². The number of aromatic nitrogens is 1. The van der Waals surface area contributed by atoms with E-state index in [2.05, 4.69) is 25.8 Å².